The number of rotatable bonds is 4. The van der Waals surface area contributed by atoms with E-state index >= 15 is 0 Å². The number of hydrogen-bond donors (Lipinski definition) is 0. The number of halogens is 1. The standard InChI is InChI=1S/C31H32ClN3O3S/c32-24-8-6-7-22(19-24)21-35-27-20-23(13-14-29(27)39(38)28-12-5-4-11-26(28)31(35)37)30(36)34-17-15-33(16-18-34)25-9-2-1-3-10-25/h4-8,11-14,19-20,25H,1-3,9-10,15-18,21H2/t39-/m1/s1. The Hall–Kier alpha value is -3.00. The van der Waals surface area contributed by atoms with Crippen molar-refractivity contribution in [1.29, 1.82) is 0 Å². The molecule has 0 bridgehead atoms. The Morgan fingerprint density at radius 1 is 0.872 bits per heavy atom. The van der Waals surface area contributed by atoms with Crippen LogP contribution in [-0.2, 0) is 17.3 Å². The molecule has 3 aliphatic rings. The summed E-state index contributed by atoms with van der Waals surface area (Å²) in [4.78, 5) is 34.6. The van der Waals surface area contributed by atoms with Gasteiger partial charge >= 0.3 is 0 Å². The number of benzene rings is 3. The van der Waals surface area contributed by atoms with Gasteiger partial charge in [0.2, 0.25) is 0 Å². The van der Waals surface area contributed by atoms with Crippen LogP contribution in [-0.4, -0.2) is 58.0 Å². The zero-order chi connectivity index (χ0) is 26.9. The van der Waals surface area contributed by atoms with Crippen LogP contribution < -0.4 is 4.90 Å². The second-order valence-electron chi connectivity index (χ2n) is 10.6. The van der Waals surface area contributed by atoms with Gasteiger partial charge in [-0.1, -0.05) is 55.1 Å². The van der Waals surface area contributed by atoms with Crippen molar-refractivity contribution in [2.24, 2.45) is 0 Å². The Labute approximate surface area is 237 Å². The smallest absolute Gasteiger partial charge is 0.259 e. The van der Waals surface area contributed by atoms with Crippen molar-refractivity contribution in [3.05, 3.63) is 88.4 Å². The zero-order valence-corrected chi connectivity index (χ0v) is 23.4. The highest BCUT2D eigenvalue weighted by Crippen LogP contribution is 2.36. The lowest BCUT2D eigenvalue weighted by atomic mass is 9.94. The first-order valence-corrected chi connectivity index (χ1v) is 15.3. The largest absolute Gasteiger partial charge is 0.336 e. The number of piperazine rings is 1. The van der Waals surface area contributed by atoms with Crippen LogP contribution in [0.15, 0.2) is 76.5 Å². The second kappa shape index (κ2) is 11.2. The molecule has 6 rings (SSSR count). The predicted octanol–water partition coefficient (Wildman–Crippen LogP) is 5.76. The average molecular weight is 562 g/mol. The number of nitrogens with zero attached hydrogens (tertiary/aromatic N) is 3. The maximum absolute atomic E-state index is 13.9. The molecule has 202 valence electrons. The molecule has 8 heteroatoms. The normalized spacial score (nSPS) is 20.3. The molecule has 1 atom stereocenters. The van der Waals surface area contributed by atoms with Crippen molar-refractivity contribution >= 4 is 39.9 Å². The van der Waals surface area contributed by atoms with Gasteiger partial charge < -0.3 is 9.80 Å². The van der Waals surface area contributed by atoms with Gasteiger partial charge in [0, 0.05) is 42.8 Å². The Kier molecular flexibility index (Phi) is 7.56. The van der Waals surface area contributed by atoms with Gasteiger partial charge in [-0.25, -0.2) is 4.21 Å². The van der Waals surface area contributed by atoms with Gasteiger partial charge in [-0.2, -0.15) is 0 Å². The van der Waals surface area contributed by atoms with E-state index in [-0.39, 0.29) is 18.4 Å². The number of amides is 2. The molecule has 6 nitrogen and oxygen atoms in total. The van der Waals surface area contributed by atoms with Crippen molar-refractivity contribution in [2.45, 2.75) is 54.5 Å². The van der Waals surface area contributed by atoms with Gasteiger partial charge in [0.15, 0.2) is 0 Å². The molecule has 1 saturated carbocycles. The minimum atomic E-state index is -1.57. The highest BCUT2D eigenvalue weighted by atomic mass is 35.5. The van der Waals surface area contributed by atoms with Crippen LogP contribution in [0, 0.1) is 0 Å². The van der Waals surface area contributed by atoms with E-state index in [0.29, 0.717) is 50.8 Å². The van der Waals surface area contributed by atoms with Crippen LogP contribution in [0.5, 0.6) is 0 Å². The summed E-state index contributed by atoms with van der Waals surface area (Å²) in [6.07, 6.45) is 6.45. The van der Waals surface area contributed by atoms with E-state index in [1.807, 2.05) is 23.1 Å². The van der Waals surface area contributed by atoms with Crippen molar-refractivity contribution in [3.63, 3.8) is 0 Å². The van der Waals surface area contributed by atoms with Crippen molar-refractivity contribution < 1.29 is 13.8 Å². The topological polar surface area (TPSA) is 60.9 Å². The van der Waals surface area contributed by atoms with Gasteiger partial charge in [-0.05, 0) is 60.9 Å². The average Bonchev–Trinajstić information content (AvgIpc) is 3.06. The number of hydrogen-bond acceptors (Lipinski definition) is 4. The van der Waals surface area contributed by atoms with E-state index in [1.165, 1.54) is 32.1 Å². The minimum Gasteiger partial charge on any atom is -0.336 e. The quantitative estimate of drug-likeness (QED) is 0.406. The molecule has 3 aromatic carbocycles. The highest BCUT2D eigenvalue weighted by molar-refractivity contribution is 7.85. The van der Waals surface area contributed by atoms with E-state index in [0.717, 1.165) is 18.7 Å². The van der Waals surface area contributed by atoms with Crippen LogP contribution in [0.1, 0.15) is 58.4 Å². The molecule has 0 N–H and O–H groups in total. The van der Waals surface area contributed by atoms with Gasteiger partial charge in [-0.15, -0.1) is 0 Å². The van der Waals surface area contributed by atoms with E-state index in [2.05, 4.69) is 4.90 Å². The molecule has 0 radical (unpaired) electrons. The lowest BCUT2D eigenvalue weighted by molar-refractivity contribution is 0.0523. The van der Waals surface area contributed by atoms with Crippen molar-refractivity contribution in [1.82, 2.24) is 9.80 Å². The molecule has 39 heavy (non-hydrogen) atoms. The highest BCUT2D eigenvalue weighted by Gasteiger charge is 2.33. The van der Waals surface area contributed by atoms with Crippen molar-refractivity contribution in [2.75, 3.05) is 31.1 Å². The van der Waals surface area contributed by atoms with Gasteiger partial charge in [-0.3, -0.25) is 14.5 Å². The molecule has 0 spiro atoms. The van der Waals surface area contributed by atoms with Crippen LogP contribution >= 0.6 is 11.6 Å². The Morgan fingerprint density at radius 2 is 1.64 bits per heavy atom. The van der Waals surface area contributed by atoms with E-state index < -0.39 is 10.8 Å². The fourth-order valence-electron chi connectivity index (χ4n) is 6.09. The maximum Gasteiger partial charge on any atom is 0.259 e. The molecule has 1 saturated heterocycles. The first-order valence-electron chi connectivity index (χ1n) is 13.7. The first-order chi connectivity index (χ1) is 19.0. The summed E-state index contributed by atoms with van der Waals surface area (Å²) in [5, 5.41) is 0.579. The summed E-state index contributed by atoms with van der Waals surface area (Å²) in [6, 6.07) is 20.3. The monoisotopic (exact) mass is 561 g/mol. The molecule has 0 aromatic heterocycles. The lowest BCUT2D eigenvalue weighted by Gasteiger charge is -2.40. The molecular formula is C31H32ClN3O3S. The Bertz CT molecular complexity index is 1430. The molecular weight excluding hydrogens is 530 g/mol. The lowest BCUT2D eigenvalue weighted by Crippen LogP contribution is -2.52. The minimum absolute atomic E-state index is 0.0520. The summed E-state index contributed by atoms with van der Waals surface area (Å²) in [5.41, 5.74) is 2.26. The zero-order valence-electron chi connectivity index (χ0n) is 21.9. The second-order valence-corrected chi connectivity index (χ2v) is 12.4. The summed E-state index contributed by atoms with van der Waals surface area (Å²) in [5.74, 6) is -0.299. The summed E-state index contributed by atoms with van der Waals surface area (Å²) >= 11 is 6.24. The fraction of sp³-hybridized carbons (Fsp3) is 0.355. The van der Waals surface area contributed by atoms with Gasteiger partial charge in [0.1, 0.15) is 0 Å². The number of anilines is 1. The van der Waals surface area contributed by atoms with E-state index in [9.17, 15) is 13.8 Å². The number of fused-ring (bicyclic) bond motifs is 2. The molecule has 0 unspecified atom stereocenters. The van der Waals surface area contributed by atoms with Gasteiger partial charge in [0.25, 0.3) is 11.8 Å². The molecule has 1 aliphatic carbocycles. The van der Waals surface area contributed by atoms with Crippen LogP contribution in [0.3, 0.4) is 0 Å². The summed E-state index contributed by atoms with van der Waals surface area (Å²) < 4.78 is 13.7. The van der Waals surface area contributed by atoms with Crippen LogP contribution in [0.25, 0.3) is 0 Å². The number of carbonyl (C=O) groups excluding carboxylic acids is 2. The SMILES string of the molecule is O=C(c1ccc2c(c1)N(Cc1cccc(Cl)c1)C(=O)c1ccccc1[S@]2=O)N1CCN(C2CCCCC2)CC1. The molecule has 2 aliphatic heterocycles. The van der Waals surface area contributed by atoms with Gasteiger partial charge in [0.05, 0.1) is 38.4 Å². The molecule has 2 heterocycles. The van der Waals surface area contributed by atoms with Crippen LogP contribution in [0.2, 0.25) is 5.02 Å². The first kappa shape index (κ1) is 26.2. The molecule has 3 aromatic rings. The third kappa shape index (κ3) is 5.28. The third-order valence-electron chi connectivity index (χ3n) is 8.18. The van der Waals surface area contributed by atoms with Crippen LogP contribution in [0.4, 0.5) is 5.69 Å². The fourth-order valence-corrected chi connectivity index (χ4v) is 7.65. The maximum atomic E-state index is 13.9. The molecule has 2 amide bonds. The Balaban J connectivity index is 1.31. The third-order valence-corrected chi connectivity index (χ3v) is 9.92. The summed E-state index contributed by atoms with van der Waals surface area (Å²) in [6.45, 7) is 3.40. The molecule has 2 fully saturated rings. The summed E-state index contributed by atoms with van der Waals surface area (Å²) in [7, 11) is -1.57. The predicted molar refractivity (Wildman–Crippen MR) is 154 cm³/mol. The van der Waals surface area contributed by atoms with Crippen molar-refractivity contribution in [3.8, 4) is 0 Å². The Morgan fingerprint density at radius 3 is 2.41 bits per heavy atom. The van der Waals surface area contributed by atoms with E-state index in [4.69, 9.17) is 11.6 Å². The number of carbonyl (C=O) groups is 2. The van der Waals surface area contributed by atoms with E-state index in [1.54, 1.807) is 53.4 Å².